The van der Waals surface area contributed by atoms with Gasteiger partial charge in [-0.25, -0.2) is 14.4 Å². The Labute approximate surface area is 164 Å². The van der Waals surface area contributed by atoms with E-state index in [0.29, 0.717) is 28.3 Å². The summed E-state index contributed by atoms with van der Waals surface area (Å²) < 4.78 is 39.8. The number of hydrogen-bond acceptors (Lipinski definition) is 5. The van der Waals surface area contributed by atoms with Crippen LogP contribution in [0.2, 0.25) is 0 Å². The summed E-state index contributed by atoms with van der Waals surface area (Å²) in [7, 11) is 1.50. The third kappa shape index (κ3) is 2.35. The lowest BCUT2D eigenvalue weighted by molar-refractivity contribution is 0.102. The fourth-order valence-corrected chi connectivity index (χ4v) is 4.19. The summed E-state index contributed by atoms with van der Waals surface area (Å²) in [6.45, 7) is 3.56. The molecule has 3 aromatic rings. The summed E-state index contributed by atoms with van der Waals surface area (Å²) in [6.07, 6.45) is 2.92. The zero-order chi connectivity index (χ0) is 20.5. The lowest BCUT2D eigenvalue weighted by Gasteiger charge is -2.29. The second-order valence-electron chi connectivity index (χ2n) is 7.56. The van der Waals surface area contributed by atoms with Crippen molar-refractivity contribution in [3.05, 3.63) is 52.4 Å². The highest BCUT2D eigenvalue weighted by atomic mass is 19.2. The largest absolute Gasteiger partial charge is 0.481 e. The van der Waals surface area contributed by atoms with E-state index in [9.17, 15) is 13.6 Å². The number of furan rings is 2. The fourth-order valence-electron chi connectivity index (χ4n) is 4.19. The number of nitrogens with one attached hydrogen (secondary N) is 1. The molecular weight excluding hydrogens is 380 g/mol. The Kier molecular flexibility index (Phi) is 3.59. The van der Waals surface area contributed by atoms with Crippen LogP contribution in [0, 0.1) is 0 Å². The maximum Gasteiger partial charge on any atom is 0.259 e. The summed E-state index contributed by atoms with van der Waals surface area (Å²) in [4.78, 5) is 20.7. The second-order valence-corrected chi connectivity index (χ2v) is 7.56. The lowest BCUT2D eigenvalue weighted by atomic mass is 9.75. The number of fused-ring (bicyclic) bond motifs is 5. The molecule has 0 spiro atoms. The van der Waals surface area contributed by atoms with Crippen LogP contribution in [-0.2, 0) is 5.41 Å². The Morgan fingerprint density at radius 3 is 2.76 bits per heavy atom. The first kappa shape index (κ1) is 17.8. The highest BCUT2D eigenvalue weighted by molar-refractivity contribution is 6.15. The van der Waals surface area contributed by atoms with Gasteiger partial charge in [0.05, 0.1) is 30.0 Å². The number of benzene rings is 1. The minimum Gasteiger partial charge on any atom is -0.481 e. The summed E-state index contributed by atoms with van der Waals surface area (Å²) in [5, 5.41) is 2.77. The zero-order valence-electron chi connectivity index (χ0n) is 16.0. The average Bonchev–Trinajstić information content (AvgIpc) is 3.07. The molecule has 8 heteroatoms. The molecule has 1 aliphatic heterocycles. The van der Waals surface area contributed by atoms with Crippen LogP contribution in [0.15, 0.2) is 39.5 Å². The number of methoxy groups -OCH3 is 1. The summed E-state index contributed by atoms with van der Waals surface area (Å²) >= 11 is 0. The maximum atomic E-state index is 14.9. The van der Waals surface area contributed by atoms with E-state index in [-0.39, 0.29) is 17.9 Å². The van der Waals surface area contributed by atoms with Crippen molar-refractivity contribution in [1.29, 1.82) is 0 Å². The minimum atomic E-state index is -1.37. The molecule has 3 aromatic heterocycles. The number of carbonyl (C=O) groups is 1. The number of rotatable bonds is 4. The molecule has 6 nitrogen and oxygen atoms in total. The number of anilines is 1. The molecule has 0 fully saturated rings. The van der Waals surface area contributed by atoms with Gasteiger partial charge in [0, 0.05) is 34.9 Å². The number of aromatic nitrogens is 1. The van der Waals surface area contributed by atoms with E-state index in [1.165, 1.54) is 19.5 Å². The summed E-state index contributed by atoms with van der Waals surface area (Å²) in [6, 6.07) is 3.26. The van der Waals surface area contributed by atoms with E-state index in [2.05, 4.69) is 15.3 Å². The van der Waals surface area contributed by atoms with Gasteiger partial charge in [0.25, 0.3) is 5.91 Å². The molecule has 29 heavy (non-hydrogen) atoms. The van der Waals surface area contributed by atoms with E-state index >= 15 is 0 Å². The van der Waals surface area contributed by atoms with Crippen LogP contribution < -0.4 is 10.1 Å². The van der Waals surface area contributed by atoms with Gasteiger partial charge in [-0.1, -0.05) is 6.92 Å². The van der Waals surface area contributed by atoms with Gasteiger partial charge in [0.2, 0.25) is 11.8 Å². The van der Waals surface area contributed by atoms with Crippen molar-refractivity contribution in [2.45, 2.75) is 31.6 Å². The standard InChI is InChI=1S/C21H17F2N3O3/c1-9-12-13(9)17-15(21(2)6-7-24-19(23)18(21)22)14(16(12)29-17)20(27)26-10-4-5-11(28-3)25-8-10/h4-5,7-9H,6H2,1-3H3,(H,26,27)/t9-,21?/m0/s1. The Hall–Kier alpha value is -3.29. The number of carbonyl (C=O) groups excluding carboxylic acids is 1. The van der Waals surface area contributed by atoms with Gasteiger partial charge in [0.15, 0.2) is 5.83 Å². The van der Waals surface area contributed by atoms with Gasteiger partial charge in [-0.2, -0.15) is 4.39 Å². The van der Waals surface area contributed by atoms with Crippen molar-refractivity contribution in [2.75, 3.05) is 12.4 Å². The third-order valence-corrected chi connectivity index (χ3v) is 5.82. The minimum absolute atomic E-state index is 0.125. The third-order valence-electron chi connectivity index (χ3n) is 5.82. The Bertz CT molecular complexity index is 1210. The van der Waals surface area contributed by atoms with E-state index in [0.717, 1.165) is 11.1 Å². The predicted octanol–water partition coefficient (Wildman–Crippen LogP) is 4.83. The van der Waals surface area contributed by atoms with Crippen molar-refractivity contribution >= 4 is 29.0 Å². The first-order valence-corrected chi connectivity index (χ1v) is 9.18. The number of aliphatic imine (C=N–C) groups is 1. The number of allylic oxidation sites excluding steroid dienone is 1. The molecule has 0 aromatic carbocycles. The monoisotopic (exact) mass is 397 g/mol. The smallest absolute Gasteiger partial charge is 0.259 e. The first-order valence-electron chi connectivity index (χ1n) is 9.18. The van der Waals surface area contributed by atoms with Gasteiger partial charge >= 0.3 is 0 Å². The van der Waals surface area contributed by atoms with Crippen LogP contribution in [0.1, 0.15) is 53.2 Å². The molecule has 2 atom stereocenters. The van der Waals surface area contributed by atoms with Crippen molar-refractivity contribution in [3.63, 3.8) is 0 Å². The van der Waals surface area contributed by atoms with E-state index < -0.39 is 23.1 Å². The Balaban J connectivity index is 1.61. The Morgan fingerprint density at radius 2 is 2.07 bits per heavy atom. The van der Waals surface area contributed by atoms with Crippen LogP contribution in [0.3, 0.4) is 0 Å². The van der Waals surface area contributed by atoms with E-state index in [1.807, 2.05) is 6.92 Å². The average molecular weight is 397 g/mol. The quantitative estimate of drug-likeness (QED) is 0.640. The molecule has 1 amide bonds. The van der Waals surface area contributed by atoms with Gasteiger partial charge in [-0.3, -0.25) is 4.79 Å². The highest BCUT2D eigenvalue weighted by Crippen LogP contribution is 2.59. The van der Waals surface area contributed by atoms with E-state index in [1.54, 1.807) is 19.1 Å². The second kappa shape index (κ2) is 5.85. The van der Waals surface area contributed by atoms with Crippen LogP contribution in [0.4, 0.5) is 14.5 Å². The van der Waals surface area contributed by atoms with Gasteiger partial charge in [-0.05, 0) is 19.4 Å². The number of ether oxygens (including phenoxy) is 1. The van der Waals surface area contributed by atoms with Gasteiger partial charge in [0.1, 0.15) is 11.2 Å². The van der Waals surface area contributed by atoms with Crippen LogP contribution in [-0.4, -0.2) is 24.2 Å². The molecule has 2 aliphatic rings. The maximum absolute atomic E-state index is 14.9. The van der Waals surface area contributed by atoms with Crippen molar-refractivity contribution in [3.8, 4) is 5.88 Å². The number of hydrogen-bond donors (Lipinski definition) is 1. The van der Waals surface area contributed by atoms with Gasteiger partial charge < -0.3 is 14.5 Å². The number of amides is 1. The molecule has 4 heterocycles. The molecular formula is C21H17F2N3O3. The van der Waals surface area contributed by atoms with Crippen molar-refractivity contribution in [2.24, 2.45) is 4.99 Å². The molecule has 148 valence electrons. The number of nitrogens with zero attached hydrogens (tertiary/aromatic N) is 2. The molecule has 0 saturated carbocycles. The molecule has 0 radical (unpaired) electrons. The van der Waals surface area contributed by atoms with Crippen LogP contribution in [0.25, 0.3) is 11.2 Å². The molecule has 1 unspecified atom stereocenters. The molecule has 1 aliphatic carbocycles. The van der Waals surface area contributed by atoms with Crippen LogP contribution >= 0.6 is 0 Å². The molecule has 2 bridgehead atoms. The molecule has 1 N–H and O–H groups in total. The number of pyridine rings is 1. The van der Waals surface area contributed by atoms with Crippen molar-refractivity contribution in [1.82, 2.24) is 4.98 Å². The topological polar surface area (TPSA) is 76.7 Å². The highest BCUT2D eigenvalue weighted by Gasteiger charge is 2.50. The Morgan fingerprint density at radius 1 is 1.31 bits per heavy atom. The first-order chi connectivity index (χ1) is 13.9. The fraction of sp³-hybridized carbons (Fsp3) is 0.286. The molecule has 5 rings (SSSR count). The van der Waals surface area contributed by atoms with Crippen LogP contribution in [0.5, 0.6) is 5.88 Å². The summed E-state index contributed by atoms with van der Waals surface area (Å²) in [5.74, 6) is -2.06. The molecule has 0 saturated heterocycles. The lowest BCUT2D eigenvalue weighted by Crippen LogP contribution is -2.29. The summed E-state index contributed by atoms with van der Waals surface area (Å²) in [5.41, 5.74) is 2.53. The SMILES string of the molecule is COc1ccc(NC(=O)c2c(C3(C)CC=NC(F)=C3F)c3oc2c2c3[C@H]2C)cn1. The predicted molar refractivity (Wildman–Crippen MR) is 103 cm³/mol. The zero-order valence-corrected chi connectivity index (χ0v) is 16.0. The van der Waals surface area contributed by atoms with Crippen molar-refractivity contribution < 1.29 is 22.7 Å². The van der Waals surface area contributed by atoms with Gasteiger partial charge in [-0.15, -0.1) is 0 Å². The number of halogens is 2. The normalized spacial score (nSPS) is 22.9. The van der Waals surface area contributed by atoms with E-state index in [4.69, 9.17) is 9.15 Å².